The Bertz CT molecular complexity index is 571. The van der Waals surface area contributed by atoms with Gasteiger partial charge in [-0.15, -0.1) is 24.0 Å². The van der Waals surface area contributed by atoms with Crippen LogP contribution in [0, 0.1) is 5.92 Å². The van der Waals surface area contributed by atoms with Gasteiger partial charge in [-0.05, 0) is 37.0 Å². The first-order valence-corrected chi connectivity index (χ1v) is 9.18. The van der Waals surface area contributed by atoms with Crippen molar-refractivity contribution in [3.8, 4) is 0 Å². The molecule has 1 N–H and O–H groups in total. The van der Waals surface area contributed by atoms with Crippen molar-refractivity contribution in [2.75, 3.05) is 40.4 Å². The zero-order valence-corrected chi connectivity index (χ0v) is 18.3. The highest BCUT2D eigenvalue weighted by molar-refractivity contribution is 14.0. The van der Waals surface area contributed by atoms with Gasteiger partial charge in [0, 0.05) is 49.6 Å². The van der Waals surface area contributed by atoms with Gasteiger partial charge < -0.3 is 15.0 Å². The van der Waals surface area contributed by atoms with Gasteiger partial charge in [0.15, 0.2) is 5.96 Å². The molecule has 1 heterocycles. The number of benzene rings is 1. The molecule has 2 fully saturated rings. The van der Waals surface area contributed by atoms with Crippen molar-refractivity contribution < 1.29 is 4.74 Å². The molecule has 1 aliphatic carbocycles. The predicted octanol–water partition coefficient (Wildman–Crippen LogP) is 3.64. The Morgan fingerprint density at radius 2 is 2.25 bits per heavy atom. The summed E-state index contributed by atoms with van der Waals surface area (Å²) in [6.45, 7) is 3.73. The van der Waals surface area contributed by atoms with Gasteiger partial charge in [-0.25, -0.2) is 0 Å². The standard InChI is InChI=1S/C18H26BrN3O.HI/c1-20-17(22(2)11-14-6-9-23-12-14)21-13-18(7-8-18)15-4-3-5-16(19)10-15;/h3-5,10,14H,6-9,11-13H2,1-2H3,(H,20,21);1H. The van der Waals surface area contributed by atoms with Gasteiger partial charge in [0.25, 0.3) is 0 Å². The number of rotatable bonds is 5. The van der Waals surface area contributed by atoms with Gasteiger partial charge in [-0.1, -0.05) is 28.1 Å². The molecule has 134 valence electrons. The summed E-state index contributed by atoms with van der Waals surface area (Å²) in [5, 5.41) is 3.58. The number of nitrogens with one attached hydrogen (secondary N) is 1. The highest BCUT2D eigenvalue weighted by Crippen LogP contribution is 2.48. The average molecular weight is 508 g/mol. The summed E-state index contributed by atoms with van der Waals surface area (Å²) in [7, 11) is 3.98. The van der Waals surface area contributed by atoms with Gasteiger partial charge >= 0.3 is 0 Å². The molecule has 1 saturated heterocycles. The van der Waals surface area contributed by atoms with Crippen LogP contribution in [0.5, 0.6) is 0 Å². The maximum absolute atomic E-state index is 5.47. The highest BCUT2D eigenvalue weighted by atomic mass is 127. The zero-order valence-electron chi connectivity index (χ0n) is 14.4. The quantitative estimate of drug-likeness (QED) is 0.375. The Morgan fingerprint density at radius 1 is 1.46 bits per heavy atom. The smallest absolute Gasteiger partial charge is 0.193 e. The van der Waals surface area contributed by atoms with Crippen LogP contribution in [0.4, 0.5) is 0 Å². The van der Waals surface area contributed by atoms with E-state index in [0.29, 0.717) is 5.92 Å². The van der Waals surface area contributed by atoms with E-state index < -0.39 is 0 Å². The maximum atomic E-state index is 5.47. The van der Waals surface area contributed by atoms with Crippen molar-refractivity contribution >= 4 is 45.9 Å². The molecule has 1 unspecified atom stereocenters. The van der Waals surface area contributed by atoms with E-state index in [0.717, 1.165) is 43.2 Å². The van der Waals surface area contributed by atoms with Crippen LogP contribution in [-0.2, 0) is 10.2 Å². The van der Waals surface area contributed by atoms with Crippen LogP contribution in [0.3, 0.4) is 0 Å². The number of hydrogen-bond donors (Lipinski definition) is 1. The van der Waals surface area contributed by atoms with Crippen LogP contribution in [0.25, 0.3) is 0 Å². The van der Waals surface area contributed by atoms with Gasteiger partial charge in [0.2, 0.25) is 0 Å². The van der Waals surface area contributed by atoms with E-state index in [1.165, 1.54) is 18.4 Å². The molecule has 0 amide bonds. The molecule has 0 spiro atoms. The van der Waals surface area contributed by atoms with Crippen LogP contribution in [-0.4, -0.2) is 51.3 Å². The minimum atomic E-state index is 0. The largest absolute Gasteiger partial charge is 0.381 e. The summed E-state index contributed by atoms with van der Waals surface area (Å²) in [4.78, 5) is 6.69. The molecule has 1 aromatic rings. The predicted molar refractivity (Wildman–Crippen MR) is 113 cm³/mol. The van der Waals surface area contributed by atoms with Crippen molar-refractivity contribution in [1.82, 2.24) is 10.2 Å². The third kappa shape index (κ3) is 4.85. The average Bonchev–Trinajstić information content (AvgIpc) is 3.16. The third-order valence-corrected chi connectivity index (χ3v) is 5.50. The second kappa shape index (κ2) is 8.85. The van der Waals surface area contributed by atoms with Crippen molar-refractivity contribution in [1.29, 1.82) is 0 Å². The van der Waals surface area contributed by atoms with Crippen molar-refractivity contribution in [3.63, 3.8) is 0 Å². The number of guanidine groups is 1. The molecular weight excluding hydrogens is 481 g/mol. The van der Waals surface area contributed by atoms with Crippen molar-refractivity contribution in [3.05, 3.63) is 34.3 Å². The van der Waals surface area contributed by atoms with E-state index in [4.69, 9.17) is 4.74 Å². The Kier molecular flexibility index (Phi) is 7.37. The van der Waals surface area contributed by atoms with Crippen LogP contribution < -0.4 is 5.32 Å². The van der Waals surface area contributed by atoms with Gasteiger partial charge in [-0.3, -0.25) is 4.99 Å². The molecule has 1 aliphatic heterocycles. The first kappa shape index (κ1) is 20.0. The van der Waals surface area contributed by atoms with E-state index in [-0.39, 0.29) is 29.4 Å². The van der Waals surface area contributed by atoms with Gasteiger partial charge in [0.1, 0.15) is 0 Å². The molecule has 0 aromatic heterocycles. The molecule has 3 rings (SSSR count). The molecule has 4 nitrogen and oxygen atoms in total. The second-order valence-corrected chi connectivity index (χ2v) is 7.72. The molecule has 0 bridgehead atoms. The van der Waals surface area contributed by atoms with Crippen LogP contribution in [0.1, 0.15) is 24.8 Å². The lowest BCUT2D eigenvalue weighted by molar-refractivity contribution is 0.181. The Hall–Kier alpha value is -0.340. The highest BCUT2D eigenvalue weighted by Gasteiger charge is 2.44. The van der Waals surface area contributed by atoms with E-state index in [1.54, 1.807) is 0 Å². The fourth-order valence-corrected chi connectivity index (χ4v) is 3.77. The summed E-state index contributed by atoms with van der Waals surface area (Å²) in [6.07, 6.45) is 3.64. The van der Waals surface area contributed by atoms with Crippen molar-refractivity contribution in [2.45, 2.75) is 24.7 Å². The van der Waals surface area contributed by atoms with Gasteiger partial charge in [0.05, 0.1) is 6.61 Å². The molecule has 1 aromatic carbocycles. The molecule has 1 saturated carbocycles. The van der Waals surface area contributed by atoms with Crippen LogP contribution in [0.2, 0.25) is 0 Å². The Morgan fingerprint density at radius 3 is 2.83 bits per heavy atom. The minimum Gasteiger partial charge on any atom is -0.381 e. The summed E-state index contributed by atoms with van der Waals surface area (Å²) in [6, 6.07) is 8.70. The lowest BCUT2D eigenvalue weighted by atomic mass is 9.96. The monoisotopic (exact) mass is 507 g/mol. The van der Waals surface area contributed by atoms with Gasteiger partial charge in [-0.2, -0.15) is 0 Å². The molecule has 0 radical (unpaired) electrons. The Balaban J connectivity index is 0.00000208. The fraction of sp³-hybridized carbons (Fsp3) is 0.611. The number of aliphatic imine (C=N–C) groups is 1. The first-order valence-electron chi connectivity index (χ1n) is 8.38. The van der Waals surface area contributed by atoms with Crippen LogP contribution in [0.15, 0.2) is 33.7 Å². The van der Waals surface area contributed by atoms with E-state index in [2.05, 4.69) is 62.5 Å². The topological polar surface area (TPSA) is 36.9 Å². The SMILES string of the molecule is CN=C(NCC1(c2cccc(Br)c2)CC1)N(C)CC1CCOC1.I. The zero-order chi connectivity index (χ0) is 16.3. The number of halogens is 2. The van der Waals surface area contributed by atoms with Crippen LogP contribution >= 0.6 is 39.9 Å². The maximum Gasteiger partial charge on any atom is 0.193 e. The third-order valence-electron chi connectivity index (χ3n) is 5.00. The summed E-state index contributed by atoms with van der Waals surface area (Å²) < 4.78 is 6.63. The molecule has 1 atom stereocenters. The summed E-state index contributed by atoms with van der Waals surface area (Å²) in [5.41, 5.74) is 1.69. The van der Waals surface area contributed by atoms with E-state index in [1.807, 2.05) is 7.05 Å². The molecule has 6 heteroatoms. The second-order valence-electron chi connectivity index (χ2n) is 6.80. The normalized spacial score (nSPS) is 22.0. The number of hydrogen-bond acceptors (Lipinski definition) is 2. The molecular formula is C18H27BrIN3O. The first-order chi connectivity index (χ1) is 11.1. The Labute approximate surface area is 170 Å². The lowest BCUT2D eigenvalue weighted by Crippen LogP contribution is -2.44. The summed E-state index contributed by atoms with van der Waals surface area (Å²) >= 11 is 3.58. The molecule has 24 heavy (non-hydrogen) atoms. The van der Waals surface area contributed by atoms with Crippen molar-refractivity contribution in [2.24, 2.45) is 10.9 Å². The lowest BCUT2D eigenvalue weighted by Gasteiger charge is -2.26. The summed E-state index contributed by atoms with van der Waals surface area (Å²) in [5.74, 6) is 1.61. The molecule has 2 aliphatic rings. The van der Waals surface area contributed by atoms with E-state index >= 15 is 0 Å². The minimum absolute atomic E-state index is 0. The number of ether oxygens (including phenoxy) is 1. The number of nitrogens with zero attached hydrogens (tertiary/aromatic N) is 2. The van der Waals surface area contributed by atoms with E-state index in [9.17, 15) is 0 Å². The fourth-order valence-electron chi connectivity index (χ4n) is 3.37.